The molecule has 0 amide bonds. The van der Waals surface area contributed by atoms with Crippen LogP contribution in [0.1, 0.15) is 30.9 Å². The van der Waals surface area contributed by atoms with Gasteiger partial charge in [0, 0.05) is 0 Å². The minimum Gasteiger partial charge on any atom is -0.406 e. The number of hydrogen-bond acceptors (Lipinski definition) is 3. The number of aliphatic hydroxyl groups excluding tert-OH is 1. The fourth-order valence-electron chi connectivity index (χ4n) is 2.19. The van der Waals surface area contributed by atoms with Crippen LogP contribution in [0.15, 0.2) is 24.3 Å². The summed E-state index contributed by atoms with van der Waals surface area (Å²) in [4.78, 5) is 0. The summed E-state index contributed by atoms with van der Waals surface area (Å²) >= 11 is 0. The van der Waals surface area contributed by atoms with Crippen molar-refractivity contribution in [1.82, 2.24) is 0 Å². The van der Waals surface area contributed by atoms with Crippen molar-refractivity contribution in [1.29, 1.82) is 0 Å². The molecule has 0 bridgehead atoms. The van der Waals surface area contributed by atoms with E-state index in [4.69, 9.17) is 5.73 Å². The van der Waals surface area contributed by atoms with Crippen molar-refractivity contribution in [3.8, 4) is 5.75 Å². The van der Waals surface area contributed by atoms with Crippen LogP contribution < -0.4 is 10.5 Å². The Bertz CT molecular complexity index is 432. The topological polar surface area (TPSA) is 55.5 Å². The van der Waals surface area contributed by atoms with E-state index >= 15 is 0 Å². The maximum Gasteiger partial charge on any atom is 0.573 e. The fourth-order valence-corrected chi connectivity index (χ4v) is 2.19. The standard InChI is InChI=1S/C13H16F3NO2/c14-13(15,16)19-10-6-2-5-9(7-10)11(17)12(18)8-3-1-4-8/h2,5-8,11-12,18H,1,3-4,17H2/t11-,12+/m0/s1. The van der Waals surface area contributed by atoms with Crippen molar-refractivity contribution in [2.75, 3.05) is 0 Å². The van der Waals surface area contributed by atoms with E-state index in [1.54, 1.807) is 6.07 Å². The number of rotatable bonds is 4. The van der Waals surface area contributed by atoms with Gasteiger partial charge in [-0.2, -0.15) is 0 Å². The van der Waals surface area contributed by atoms with Crippen LogP contribution in [0.25, 0.3) is 0 Å². The minimum absolute atomic E-state index is 0.141. The summed E-state index contributed by atoms with van der Waals surface area (Å²) < 4.78 is 40.2. The van der Waals surface area contributed by atoms with Gasteiger partial charge in [0.15, 0.2) is 0 Å². The van der Waals surface area contributed by atoms with E-state index in [9.17, 15) is 18.3 Å². The third-order valence-corrected chi connectivity index (χ3v) is 3.48. The van der Waals surface area contributed by atoms with Gasteiger partial charge in [-0.15, -0.1) is 13.2 Å². The lowest BCUT2D eigenvalue weighted by molar-refractivity contribution is -0.274. The summed E-state index contributed by atoms with van der Waals surface area (Å²) in [6.45, 7) is 0. The number of alkyl halides is 3. The van der Waals surface area contributed by atoms with Crippen LogP contribution in [0.2, 0.25) is 0 Å². The van der Waals surface area contributed by atoms with E-state index < -0.39 is 18.5 Å². The molecule has 1 aromatic carbocycles. The molecule has 3 nitrogen and oxygen atoms in total. The molecule has 0 unspecified atom stereocenters. The van der Waals surface area contributed by atoms with Crippen LogP contribution in [0, 0.1) is 5.92 Å². The molecule has 6 heteroatoms. The number of halogens is 3. The molecule has 0 aromatic heterocycles. The van der Waals surface area contributed by atoms with E-state index in [1.165, 1.54) is 18.2 Å². The highest BCUT2D eigenvalue weighted by molar-refractivity contribution is 5.31. The molecule has 3 N–H and O–H groups in total. The quantitative estimate of drug-likeness (QED) is 0.888. The van der Waals surface area contributed by atoms with Gasteiger partial charge >= 0.3 is 6.36 Å². The van der Waals surface area contributed by atoms with Gasteiger partial charge in [-0.25, -0.2) is 0 Å². The monoisotopic (exact) mass is 275 g/mol. The van der Waals surface area contributed by atoms with E-state index in [0.29, 0.717) is 5.56 Å². The Morgan fingerprint density at radius 2 is 2.00 bits per heavy atom. The molecule has 1 saturated carbocycles. The van der Waals surface area contributed by atoms with E-state index in [1.807, 2.05) is 0 Å². The number of nitrogens with two attached hydrogens (primary N) is 1. The molecule has 0 heterocycles. The van der Waals surface area contributed by atoms with Crippen molar-refractivity contribution < 1.29 is 23.0 Å². The SMILES string of the molecule is N[C@@H](c1cccc(OC(F)(F)F)c1)[C@H](O)C1CCC1. The Morgan fingerprint density at radius 3 is 2.53 bits per heavy atom. The largest absolute Gasteiger partial charge is 0.573 e. The molecule has 2 atom stereocenters. The molecule has 19 heavy (non-hydrogen) atoms. The van der Waals surface area contributed by atoms with E-state index in [2.05, 4.69) is 4.74 Å². The maximum absolute atomic E-state index is 12.1. The highest BCUT2D eigenvalue weighted by atomic mass is 19.4. The number of aliphatic hydroxyl groups is 1. The first-order chi connectivity index (χ1) is 8.87. The molecule has 0 saturated heterocycles. The Labute approximate surface area is 109 Å². The summed E-state index contributed by atoms with van der Waals surface area (Å²) in [6, 6.07) is 4.76. The Hall–Kier alpha value is -1.27. The Kier molecular flexibility index (Phi) is 4.01. The summed E-state index contributed by atoms with van der Waals surface area (Å²) in [5.74, 6) is -0.177. The van der Waals surface area contributed by atoms with Crippen LogP contribution in [-0.4, -0.2) is 17.6 Å². The molecule has 1 aliphatic rings. The average Bonchev–Trinajstić information content (AvgIpc) is 2.23. The first-order valence-electron chi connectivity index (χ1n) is 6.16. The lowest BCUT2D eigenvalue weighted by atomic mass is 9.77. The molecule has 2 rings (SSSR count). The second-order valence-corrected chi connectivity index (χ2v) is 4.83. The molecule has 0 radical (unpaired) electrons. The normalized spacial score (nSPS) is 19.6. The van der Waals surface area contributed by atoms with Gasteiger partial charge in [0.1, 0.15) is 5.75 Å². The Morgan fingerprint density at radius 1 is 1.32 bits per heavy atom. The first-order valence-corrected chi connectivity index (χ1v) is 6.16. The maximum atomic E-state index is 12.1. The minimum atomic E-state index is -4.73. The zero-order valence-corrected chi connectivity index (χ0v) is 10.2. The van der Waals surface area contributed by atoms with Gasteiger partial charge in [0.25, 0.3) is 0 Å². The summed E-state index contributed by atoms with van der Waals surface area (Å²) in [6.07, 6.45) is -2.57. The number of ether oxygens (including phenoxy) is 1. The highest BCUT2D eigenvalue weighted by Gasteiger charge is 2.33. The first kappa shape index (κ1) is 14.1. The van der Waals surface area contributed by atoms with Gasteiger partial charge in [-0.3, -0.25) is 0 Å². The predicted molar refractivity (Wildman–Crippen MR) is 63.4 cm³/mol. The summed E-state index contributed by atoms with van der Waals surface area (Å²) in [5, 5.41) is 10.0. The van der Waals surface area contributed by atoms with Gasteiger partial charge in [-0.1, -0.05) is 18.6 Å². The second-order valence-electron chi connectivity index (χ2n) is 4.83. The molecule has 0 spiro atoms. The summed E-state index contributed by atoms with van der Waals surface area (Å²) in [7, 11) is 0. The molecule has 1 fully saturated rings. The number of benzene rings is 1. The Balaban J connectivity index is 2.09. The van der Waals surface area contributed by atoms with Gasteiger partial charge in [0.05, 0.1) is 12.1 Å². The molecule has 0 aliphatic heterocycles. The van der Waals surface area contributed by atoms with Gasteiger partial charge in [-0.05, 0) is 36.5 Å². The molecule has 1 aliphatic carbocycles. The van der Waals surface area contributed by atoms with Crippen LogP contribution in [0.4, 0.5) is 13.2 Å². The third kappa shape index (κ3) is 3.61. The van der Waals surface area contributed by atoms with Crippen LogP contribution in [0.3, 0.4) is 0 Å². The molecular weight excluding hydrogens is 259 g/mol. The van der Waals surface area contributed by atoms with Crippen LogP contribution >= 0.6 is 0 Å². The van der Waals surface area contributed by atoms with E-state index in [0.717, 1.165) is 19.3 Å². The smallest absolute Gasteiger partial charge is 0.406 e. The number of hydrogen-bond donors (Lipinski definition) is 2. The molecule has 106 valence electrons. The predicted octanol–water partition coefficient (Wildman–Crippen LogP) is 2.75. The van der Waals surface area contributed by atoms with E-state index in [-0.39, 0.29) is 11.7 Å². The fraction of sp³-hybridized carbons (Fsp3) is 0.538. The van der Waals surface area contributed by atoms with Crippen molar-refractivity contribution in [2.45, 2.75) is 37.8 Å². The van der Waals surface area contributed by atoms with Gasteiger partial charge < -0.3 is 15.6 Å². The van der Waals surface area contributed by atoms with Crippen LogP contribution in [-0.2, 0) is 0 Å². The van der Waals surface area contributed by atoms with Gasteiger partial charge in [0.2, 0.25) is 0 Å². The van der Waals surface area contributed by atoms with Crippen molar-refractivity contribution >= 4 is 0 Å². The average molecular weight is 275 g/mol. The lowest BCUT2D eigenvalue weighted by Gasteiger charge is -2.33. The zero-order valence-electron chi connectivity index (χ0n) is 10.2. The highest BCUT2D eigenvalue weighted by Crippen LogP contribution is 2.35. The third-order valence-electron chi connectivity index (χ3n) is 3.48. The summed E-state index contributed by atoms with van der Waals surface area (Å²) in [5.41, 5.74) is 6.34. The second kappa shape index (κ2) is 5.38. The van der Waals surface area contributed by atoms with Crippen LogP contribution in [0.5, 0.6) is 5.75 Å². The van der Waals surface area contributed by atoms with Crippen molar-refractivity contribution in [2.24, 2.45) is 11.7 Å². The zero-order chi connectivity index (χ0) is 14.0. The van der Waals surface area contributed by atoms with Crippen molar-refractivity contribution in [3.05, 3.63) is 29.8 Å². The molecule has 1 aromatic rings. The molecular formula is C13H16F3NO2. The van der Waals surface area contributed by atoms with Crippen molar-refractivity contribution in [3.63, 3.8) is 0 Å². The lowest BCUT2D eigenvalue weighted by Crippen LogP contribution is -2.36.